The van der Waals surface area contributed by atoms with Gasteiger partial charge in [-0.2, -0.15) is 0 Å². The molecule has 0 aliphatic carbocycles. The minimum atomic E-state index is 0.00464. The van der Waals surface area contributed by atoms with Crippen LogP contribution >= 0.6 is 0 Å². The molecular formula is C10H16N2O. The van der Waals surface area contributed by atoms with E-state index in [0.29, 0.717) is 18.0 Å². The number of nitrogen functional groups attached to an aromatic ring is 1. The second-order valence-corrected chi connectivity index (χ2v) is 3.21. The number of anilines is 1. The highest BCUT2D eigenvalue weighted by molar-refractivity contribution is 5.54. The molecule has 4 N–H and O–H groups in total. The third-order valence-electron chi connectivity index (χ3n) is 1.83. The summed E-state index contributed by atoms with van der Waals surface area (Å²) in [5, 5.41) is 0. The molecule has 13 heavy (non-hydrogen) atoms. The fourth-order valence-corrected chi connectivity index (χ4v) is 1.04. The third-order valence-corrected chi connectivity index (χ3v) is 1.83. The topological polar surface area (TPSA) is 61.3 Å². The molecular weight excluding hydrogens is 164 g/mol. The molecule has 0 saturated heterocycles. The van der Waals surface area contributed by atoms with Gasteiger partial charge in [0, 0.05) is 6.54 Å². The predicted molar refractivity (Wildman–Crippen MR) is 54.7 cm³/mol. The largest absolute Gasteiger partial charge is 0.487 e. The van der Waals surface area contributed by atoms with Crippen LogP contribution in [0.3, 0.4) is 0 Å². The summed E-state index contributed by atoms with van der Waals surface area (Å²) in [5.74, 6) is 0.712. The van der Waals surface area contributed by atoms with E-state index in [9.17, 15) is 0 Å². The van der Waals surface area contributed by atoms with Gasteiger partial charge in [0.2, 0.25) is 0 Å². The number of hydrogen-bond acceptors (Lipinski definition) is 3. The highest BCUT2D eigenvalue weighted by Gasteiger charge is 2.04. The molecule has 0 spiro atoms. The monoisotopic (exact) mass is 180 g/mol. The summed E-state index contributed by atoms with van der Waals surface area (Å²) in [5.41, 5.74) is 13.0. The second kappa shape index (κ2) is 4.14. The van der Waals surface area contributed by atoms with Crippen LogP contribution in [0.4, 0.5) is 5.69 Å². The van der Waals surface area contributed by atoms with Gasteiger partial charge in [0.1, 0.15) is 11.9 Å². The van der Waals surface area contributed by atoms with Crippen molar-refractivity contribution in [3.8, 4) is 5.75 Å². The number of rotatable bonds is 3. The van der Waals surface area contributed by atoms with E-state index in [1.165, 1.54) is 0 Å². The van der Waals surface area contributed by atoms with Crippen LogP contribution in [-0.4, -0.2) is 12.6 Å². The molecule has 1 atom stereocenters. The predicted octanol–water partition coefficient (Wildman–Crippen LogP) is 1.30. The summed E-state index contributed by atoms with van der Waals surface area (Å²) in [4.78, 5) is 0. The van der Waals surface area contributed by atoms with E-state index in [2.05, 4.69) is 0 Å². The molecule has 1 aromatic rings. The molecule has 1 unspecified atom stereocenters. The van der Waals surface area contributed by atoms with E-state index in [1.807, 2.05) is 32.0 Å². The summed E-state index contributed by atoms with van der Waals surface area (Å²) >= 11 is 0. The van der Waals surface area contributed by atoms with E-state index in [-0.39, 0.29) is 6.10 Å². The standard InChI is InChI=1S/C10H16N2O/c1-7-3-4-10(9(12)5-7)13-8(2)6-11/h3-5,8H,6,11-12H2,1-2H3. The van der Waals surface area contributed by atoms with Gasteiger partial charge in [-0.3, -0.25) is 0 Å². The Hall–Kier alpha value is -1.22. The Balaban J connectivity index is 2.77. The fourth-order valence-electron chi connectivity index (χ4n) is 1.04. The number of nitrogens with two attached hydrogens (primary N) is 2. The zero-order chi connectivity index (χ0) is 9.84. The average molecular weight is 180 g/mol. The van der Waals surface area contributed by atoms with Crippen molar-refractivity contribution in [3.05, 3.63) is 23.8 Å². The second-order valence-electron chi connectivity index (χ2n) is 3.21. The van der Waals surface area contributed by atoms with E-state index in [0.717, 1.165) is 5.56 Å². The van der Waals surface area contributed by atoms with Gasteiger partial charge in [0.15, 0.2) is 0 Å². The van der Waals surface area contributed by atoms with E-state index in [4.69, 9.17) is 16.2 Å². The summed E-state index contributed by atoms with van der Waals surface area (Å²) in [6.45, 7) is 4.40. The molecule has 0 bridgehead atoms. The highest BCUT2D eigenvalue weighted by atomic mass is 16.5. The Morgan fingerprint density at radius 3 is 2.69 bits per heavy atom. The van der Waals surface area contributed by atoms with Crippen molar-refractivity contribution in [3.63, 3.8) is 0 Å². The van der Waals surface area contributed by atoms with Gasteiger partial charge in [-0.25, -0.2) is 0 Å². The molecule has 0 aromatic heterocycles. The van der Waals surface area contributed by atoms with E-state index in [1.54, 1.807) is 0 Å². The summed E-state index contributed by atoms with van der Waals surface area (Å²) in [7, 11) is 0. The summed E-state index contributed by atoms with van der Waals surface area (Å²) in [6, 6.07) is 5.73. The Labute approximate surface area is 78.7 Å². The maximum absolute atomic E-state index is 5.76. The van der Waals surface area contributed by atoms with Crippen molar-refractivity contribution in [1.82, 2.24) is 0 Å². The van der Waals surface area contributed by atoms with Crippen LogP contribution in [0.25, 0.3) is 0 Å². The lowest BCUT2D eigenvalue weighted by molar-refractivity contribution is 0.231. The van der Waals surface area contributed by atoms with Gasteiger partial charge in [-0.05, 0) is 31.5 Å². The maximum atomic E-state index is 5.76. The molecule has 0 aliphatic rings. The first kappa shape index (κ1) is 9.86. The smallest absolute Gasteiger partial charge is 0.142 e. The average Bonchev–Trinajstić information content (AvgIpc) is 2.09. The van der Waals surface area contributed by atoms with Crippen LogP contribution in [0, 0.1) is 6.92 Å². The Morgan fingerprint density at radius 2 is 2.15 bits per heavy atom. The van der Waals surface area contributed by atoms with Crippen molar-refractivity contribution < 1.29 is 4.74 Å². The maximum Gasteiger partial charge on any atom is 0.142 e. The minimum absolute atomic E-state index is 0.00464. The number of aryl methyl sites for hydroxylation is 1. The molecule has 0 fully saturated rings. The first-order valence-electron chi connectivity index (χ1n) is 4.36. The lowest BCUT2D eigenvalue weighted by Crippen LogP contribution is -2.23. The third kappa shape index (κ3) is 2.63. The van der Waals surface area contributed by atoms with Gasteiger partial charge >= 0.3 is 0 Å². The highest BCUT2D eigenvalue weighted by Crippen LogP contribution is 2.22. The van der Waals surface area contributed by atoms with Crippen molar-refractivity contribution in [2.24, 2.45) is 5.73 Å². The molecule has 1 rings (SSSR count). The van der Waals surface area contributed by atoms with Crippen molar-refractivity contribution in [1.29, 1.82) is 0 Å². The molecule has 0 amide bonds. The van der Waals surface area contributed by atoms with Gasteiger partial charge in [-0.15, -0.1) is 0 Å². The lowest BCUT2D eigenvalue weighted by Gasteiger charge is -2.14. The Kier molecular flexibility index (Phi) is 3.14. The Morgan fingerprint density at radius 1 is 1.46 bits per heavy atom. The SMILES string of the molecule is Cc1ccc(OC(C)CN)c(N)c1. The normalized spacial score (nSPS) is 12.5. The molecule has 72 valence electrons. The van der Waals surface area contributed by atoms with E-state index < -0.39 is 0 Å². The quantitative estimate of drug-likeness (QED) is 0.689. The Bertz CT molecular complexity index is 286. The first-order valence-corrected chi connectivity index (χ1v) is 4.36. The molecule has 3 heteroatoms. The first-order chi connectivity index (χ1) is 6.13. The van der Waals surface area contributed by atoms with Gasteiger partial charge in [0.25, 0.3) is 0 Å². The molecule has 0 radical (unpaired) electrons. The minimum Gasteiger partial charge on any atom is -0.487 e. The van der Waals surface area contributed by atoms with Gasteiger partial charge in [0.05, 0.1) is 5.69 Å². The number of benzene rings is 1. The number of ether oxygens (including phenoxy) is 1. The van der Waals surface area contributed by atoms with Crippen molar-refractivity contribution in [2.75, 3.05) is 12.3 Å². The van der Waals surface area contributed by atoms with Crippen LogP contribution in [0.2, 0.25) is 0 Å². The van der Waals surface area contributed by atoms with E-state index >= 15 is 0 Å². The number of hydrogen-bond donors (Lipinski definition) is 2. The summed E-state index contributed by atoms with van der Waals surface area (Å²) < 4.78 is 5.50. The van der Waals surface area contributed by atoms with Crippen molar-refractivity contribution in [2.45, 2.75) is 20.0 Å². The molecule has 0 saturated carbocycles. The van der Waals surface area contributed by atoms with Gasteiger partial charge < -0.3 is 16.2 Å². The van der Waals surface area contributed by atoms with Gasteiger partial charge in [-0.1, -0.05) is 6.07 Å². The molecule has 0 heterocycles. The van der Waals surface area contributed by atoms with Crippen LogP contribution in [0.1, 0.15) is 12.5 Å². The zero-order valence-electron chi connectivity index (χ0n) is 8.08. The molecule has 3 nitrogen and oxygen atoms in total. The summed E-state index contributed by atoms with van der Waals surface area (Å²) in [6.07, 6.45) is 0.00464. The zero-order valence-corrected chi connectivity index (χ0v) is 8.08. The van der Waals surface area contributed by atoms with Crippen LogP contribution in [0.5, 0.6) is 5.75 Å². The molecule has 1 aromatic carbocycles. The van der Waals surface area contributed by atoms with Crippen LogP contribution in [-0.2, 0) is 0 Å². The van der Waals surface area contributed by atoms with Crippen LogP contribution in [0.15, 0.2) is 18.2 Å². The molecule has 0 aliphatic heterocycles. The lowest BCUT2D eigenvalue weighted by atomic mass is 10.2. The van der Waals surface area contributed by atoms with Crippen molar-refractivity contribution >= 4 is 5.69 Å². The fraction of sp³-hybridized carbons (Fsp3) is 0.400. The van der Waals surface area contributed by atoms with Crippen LogP contribution < -0.4 is 16.2 Å².